The molecule has 1 unspecified atom stereocenters. The Kier molecular flexibility index (Phi) is 4.77. The highest BCUT2D eigenvalue weighted by Gasteiger charge is 2.28. The van der Waals surface area contributed by atoms with Crippen molar-refractivity contribution in [2.24, 2.45) is 0 Å². The summed E-state index contributed by atoms with van der Waals surface area (Å²) in [5.41, 5.74) is 0.474. The van der Waals surface area contributed by atoms with Crippen LogP contribution in [0, 0.1) is 0 Å². The van der Waals surface area contributed by atoms with E-state index in [0.717, 1.165) is 32.4 Å². The first kappa shape index (κ1) is 16.5. The molecule has 1 atom stereocenters. The molecule has 2 fully saturated rings. The van der Waals surface area contributed by atoms with Gasteiger partial charge < -0.3 is 10.2 Å². The van der Waals surface area contributed by atoms with E-state index in [1.54, 1.807) is 6.07 Å². The quantitative estimate of drug-likeness (QED) is 0.894. The minimum absolute atomic E-state index is 0.0471. The van der Waals surface area contributed by atoms with Crippen LogP contribution >= 0.6 is 11.6 Å². The first-order valence-electron chi connectivity index (χ1n) is 7.86. The molecular formula is C15H20ClN3O3S. The first-order valence-corrected chi connectivity index (χ1v) is 10.1. The fourth-order valence-electron chi connectivity index (χ4n) is 3.04. The predicted octanol–water partition coefficient (Wildman–Crippen LogP) is 1.96. The van der Waals surface area contributed by atoms with Gasteiger partial charge in [0.15, 0.2) is 9.84 Å². The van der Waals surface area contributed by atoms with Crippen LogP contribution in [-0.4, -0.2) is 54.8 Å². The van der Waals surface area contributed by atoms with E-state index in [2.05, 4.69) is 10.3 Å². The van der Waals surface area contributed by atoms with E-state index in [1.165, 1.54) is 6.20 Å². The molecule has 2 saturated heterocycles. The Morgan fingerprint density at radius 3 is 2.65 bits per heavy atom. The van der Waals surface area contributed by atoms with E-state index < -0.39 is 9.84 Å². The molecule has 23 heavy (non-hydrogen) atoms. The Hall–Kier alpha value is -1.34. The van der Waals surface area contributed by atoms with Crippen molar-refractivity contribution in [3.63, 3.8) is 0 Å². The van der Waals surface area contributed by atoms with Gasteiger partial charge in [-0.15, -0.1) is 0 Å². The fourth-order valence-corrected chi connectivity index (χ4v) is 4.94. The zero-order valence-electron chi connectivity index (χ0n) is 12.8. The van der Waals surface area contributed by atoms with Gasteiger partial charge in [-0.05, 0) is 31.7 Å². The number of nitrogens with zero attached hydrogens (tertiary/aromatic N) is 2. The molecule has 126 valence electrons. The number of carbonyl (C=O) groups excluding carboxylic acids is 1. The third-order valence-electron chi connectivity index (χ3n) is 4.30. The van der Waals surface area contributed by atoms with Crippen molar-refractivity contribution < 1.29 is 13.2 Å². The van der Waals surface area contributed by atoms with Crippen LogP contribution in [0.1, 0.15) is 36.0 Å². The molecule has 2 aliphatic heterocycles. The monoisotopic (exact) mass is 357 g/mol. The van der Waals surface area contributed by atoms with Gasteiger partial charge in [-0.3, -0.25) is 4.79 Å². The van der Waals surface area contributed by atoms with E-state index in [1.807, 2.05) is 4.90 Å². The minimum atomic E-state index is -2.96. The number of pyridine rings is 1. The van der Waals surface area contributed by atoms with Crippen LogP contribution in [0.2, 0.25) is 5.02 Å². The third kappa shape index (κ3) is 3.95. The van der Waals surface area contributed by atoms with Gasteiger partial charge in [0.2, 0.25) is 0 Å². The third-order valence-corrected chi connectivity index (χ3v) is 6.36. The number of hydrogen-bond donors (Lipinski definition) is 1. The SMILES string of the molecule is O=C(c1cnc(NC2CCS(=O)(=O)C2)c(Cl)c1)N1CCCCC1. The maximum Gasteiger partial charge on any atom is 0.255 e. The molecule has 8 heteroatoms. The number of amides is 1. The lowest BCUT2D eigenvalue weighted by Gasteiger charge is -2.26. The molecule has 3 heterocycles. The molecule has 0 aliphatic carbocycles. The zero-order chi connectivity index (χ0) is 16.4. The summed E-state index contributed by atoms with van der Waals surface area (Å²) in [5.74, 6) is 0.672. The van der Waals surface area contributed by atoms with Crippen molar-refractivity contribution in [2.75, 3.05) is 29.9 Å². The van der Waals surface area contributed by atoms with Gasteiger partial charge in [0.25, 0.3) is 5.91 Å². The first-order chi connectivity index (χ1) is 10.9. The van der Waals surface area contributed by atoms with Crippen molar-refractivity contribution in [3.8, 4) is 0 Å². The van der Waals surface area contributed by atoms with E-state index in [4.69, 9.17) is 11.6 Å². The maximum absolute atomic E-state index is 12.4. The molecule has 0 aromatic carbocycles. The number of aromatic nitrogens is 1. The molecule has 0 radical (unpaired) electrons. The summed E-state index contributed by atoms with van der Waals surface area (Å²) in [5, 5.41) is 3.41. The van der Waals surface area contributed by atoms with Crippen molar-refractivity contribution in [1.82, 2.24) is 9.88 Å². The van der Waals surface area contributed by atoms with E-state index >= 15 is 0 Å². The highest BCUT2D eigenvalue weighted by atomic mass is 35.5. The summed E-state index contributed by atoms with van der Waals surface area (Å²) in [6.07, 6.45) is 5.28. The molecule has 1 aromatic rings. The number of sulfone groups is 1. The number of nitrogens with one attached hydrogen (secondary N) is 1. The Morgan fingerprint density at radius 2 is 2.04 bits per heavy atom. The van der Waals surface area contributed by atoms with Gasteiger partial charge in [0, 0.05) is 25.3 Å². The van der Waals surface area contributed by atoms with E-state index in [-0.39, 0.29) is 23.5 Å². The Labute approximate surface area is 141 Å². The smallest absolute Gasteiger partial charge is 0.255 e. The normalized spacial score (nSPS) is 23.7. The van der Waals surface area contributed by atoms with Gasteiger partial charge in [0.05, 0.1) is 22.1 Å². The summed E-state index contributed by atoms with van der Waals surface area (Å²) in [7, 11) is -2.96. The minimum Gasteiger partial charge on any atom is -0.365 e. The van der Waals surface area contributed by atoms with Crippen LogP contribution < -0.4 is 5.32 Å². The van der Waals surface area contributed by atoms with Gasteiger partial charge in [-0.2, -0.15) is 0 Å². The van der Waals surface area contributed by atoms with Gasteiger partial charge in [-0.1, -0.05) is 11.6 Å². The van der Waals surface area contributed by atoms with Crippen molar-refractivity contribution in [3.05, 3.63) is 22.8 Å². The van der Waals surface area contributed by atoms with Crippen LogP contribution in [0.15, 0.2) is 12.3 Å². The number of rotatable bonds is 3. The predicted molar refractivity (Wildman–Crippen MR) is 89.7 cm³/mol. The number of hydrogen-bond acceptors (Lipinski definition) is 5. The second kappa shape index (κ2) is 6.65. The lowest BCUT2D eigenvalue weighted by Crippen LogP contribution is -2.35. The van der Waals surface area contributed by atoms with Crippen molar-refractivity contribution in [2.45, 2.75) is 31.7 Å². The van der Waals surface area contributed by atoms with Crippen LogP contribution in [0.3, 0.4) is 0 Å². The number of likely N-dealkylation sites (tertiary alicyclic amines) is 1. The van der Waals surface area contributed by atoms with Gasteiger partial charge in [-0.25, -0.2) is 13.4 Å². The second-order valence-electron chi connectivity index (χ2n) is 6.15. The zero-order valence-corrected chi connectivity index (χ0v) is 14.4. The molecule has 0 spiro atoms. The number of anilines is 1. The molecule has 1 N–H and O–H groups in total. The van der Waals surface area contributed by atoms with E-state index in [9.17, 15) is 13.2 Å². The average molecular weight is 358 g/mol. The Morgan fingerprint density at radius 1 is 1.30 bits per heavy atom. The summed E-state index contributed by atoms with van der Waals surface area (Å²) in [4.78, 5) is 18.5. The van der Waals surface area contributed by atoms with Gasteiger partial charge >= 0.3 is 0 Å². The molecule has 1 aromatic heterocycles. The number of carbonyl (C=O) groups is 1. The second-order valence-corrected chi connectivity index (χ2v) is 8.79. The Balaban J connectivity index is 1.69. The number of halogens is 1. The Bertz CT molecular complexity index is 702. The lowest BCUT2D eigenvalue weighted by atomic mass is 10.1. The topological polar surface area (TPSA) is 79.4 Å². The molecule has 2 aliphatic rings. The summed E-state index contributed by atoms with van der Waals surface area (Å²) >= 11 is 6.22. The molecule has 3 rings (SSSR count). The number of piperidine rings is 1. The maximum atomic E-state index is 12.4. The van der Waals surface area contributed by atoms with Gasteiger partial charge in [0.1, 0.15) is 5.82 Å². The van der Waals surface area contributed by atoms with Crippen molar-refractivity contribution in [1.29, 1.82) is 0 Å². The molecular weight excluding hydrogens is 338 g/mol. The van der Waals surface area contributed by atoms with E-state index in [0.29, 0.717) is 22.8 Å². The van der Waals surface area contributed by atoms with Crippen LogP contribution in [0.25, 0.3) is 0 Å². The summed E-state index contributed by atoms with van der Waals surface area (Å²) < 4.78 is 23.0. The molecule has 0 bridgehead atoms. The molecule has 0 saturated carbocycles. The fraction of sp³-hybridized carbons (Fsp3) is 0.600. The highest BCUT2D eigenvalue weighted by molar-refractivity contribution is 7.91. The standard InChI is InChI=1S/C15H20ClN3O3S/c16-13-8-11(15(20)19-5-2-1-3-6-19)9-17-14(13)18-12-4-7-23(21,22)10-12/h8-9,12H,1-7,10H2,(H,17,18). The largest absolute Gasteiger partial charge is 0.365 e. The average Bonchev–Trinajstić information content (AvgIpc) is 2.88. The van der Waals surface area contributed by atoms with Crippen LogP contribution in [-0.2, 0) is 9.84 Å². The highest BCUT2D eigenvalue weighted by Crippen LogP contribution is 2.24. The summed E-state index contributed by atoms with van der Waals surface area (Å²) in [6.45, 7) is 1.55. The van der Waals surface area contributed by atoms with Crippen LogP contribution in [0.4, 0.5) is 5.82 Å². The molecule has 1 amide bonds. The lowest BCUT2D eigenvalue weighted by molar-refractivity contribution is 0.0724. The molecule has 6 nitrogen and oxygen atoms in total. The summed E-state index contributed by atoms with van der Waals surface area (Å²) in [6, 6.07) is 1.44. The van der Waals surface area contributed by atoms with Crippen LogP contribution in [0.5, 0.6) is 0 Å². The van der Waals surface area contributed by atoms with Crippen molar-refractivity contribution >= 4 is 33.2 Å².